The highest BCUT2D eigenvalue weighted by molar-refractivity contribution is 7.92. The maximum absolute atomic E-state index is 12.8. The Hall–Kier alpha value is -4.42. The molecule has 0 heterocycles. The second kappa shape index (κ2) is 10.9. The van der Waals surface area contributed by atoms with Gasteiger partial charge in [0.25, 0.3) is 15.9 Å². The molecule has 13 heteroatoms. The number of carboxylic acids is 1. The van der Waals surface area contributed by atoms with Gasteiger partial charge < -0.3 is 20.6 Å². The fraction of sp³-hybridized carbons (Fsp3) is 0.0435. The quantitative estimate of drug-likeness (QED) is 0.153. The van der Waals surface area contributed by atoms with Gasteiger partial charge in [-0.05, 0) is 49.4 Å². The third-order valence-electron chi connectivity index (χ3n) is 4.60. The van der Waals surface area contributed by atoms with Gasteiger partial charge in [0, 0.05) is 0 Å². The number of hydrogen-bond acceptors (Lipinski definition) is 8. The standard InChI is InChI=1S/C23H19ClN4O7S/c1-13(29)21(22(31)25-18-9-5-3-7-16(18)24)27-26-19-12-14(10-11-20(19)30)36(34,35)28-17-8-4-2-6-15(17)23(32)33/h2-12,28-30H,1H3,(H,25,31)(H,32,33)/b21-13+,27-26?. The lowest BCUT2D eigenvalue weighted by Crippen LogP contribution is -2.15. The summed E-state index contributed by atoms with van der Waals surface area (Å²) in [4.78, 5) is 23.6. The Morgan fingerprint density at radius 3 is 2.22 bits per heavy atom. The van der Waals surface area contributed by atoms with Crippen LogP contribution in [0.3, 0.4) is 0 Å². The highest BCUT2D eigenvalue weighted by Gasteiger charge is 2.20. The molecule has 0 bridgehead atoms. The van der Waals surface area contributed by atoms with Gasteiger partial charge in [-0.15, -0.1) is 10.2 Å². The first kappa shape index (κ1) is 26.2. The van der Waals surface area contributed by atoms with Crippen LogP contribution in [0.15, 0.2) is 93.3 Å². The zero-order valence-corrected chi connectivity index (χ0v) is 20.1. The lowest BCUT2D eigenvalue weighted by Gasteiger charge is -2.11. The summed E-state index contributed by atoms with van der Waals surface area (Å²) in [5, 5.41) is 39.4. The molecule has 11 nitrogen and oxygen atoms in total. The SMILES string of the molecule is C/C(O)=C(\N=Nc1cc(S(=O)(=O)Nc2ccccc2C(=O)O)ccc1O)C(=O)Nc1ccccc1Cl. The number of carbonyl (C=O) groups excluding carboxylic acids is 1. The number of phenols is 1. The number of nitrogens with one attached hydrogen (secondary N) is 2. The summed E-state index contributed by atoms with van der Waals surface area (Å²) in [6, 6.07) is 14.8. The van der Waals surface area contributed by atoms with E-state index in [1.165, 1.54) is 37.3 Å². The van der Waals surface area contributed by atoms with E-state index in [-0.39, 0.29) is 32.5 Å². The Labute approximate surface area is 210 Å². The van der Waals surface area contributed by atoms with Crippen molar-refractivity contribution in [2.45, 2.75) is 11.8 Å². The van der Waals surface area contributed by atoms with Crippen molar-refractivity contribution in [2.75, 3.05) is 10.0 Å². The number of halogens is 1. The number of aliphatic hydroxyl groups is 1. The Kier molecular flexibility index (Phi) is 7.92. The van der Waals surface area contributed by atoms with Crippen LogP contribution in [-0.4, -0.2) is 35.6 Å². The minimum absolute atomic E-state index is 0.168. The number of rotatable bonds is 8. The summed E-state index contributed by atoms with van der Waals surface area (Å²) >= 11 is 6.02. The normalized spacial score (nSPS) is 12.2. The fourth-order valence-electron chi connectivity index (χ4n) is 2.84. The Balaban J connectivity index is 1.90. The molecule has 0 saturated carbocycles. The molecular formula is C23H19ClN4O7S. The van der Waals surface area contributed by atoms with Crippen LogP contribution in [-0.2, 0) is 14.8 Å². The molecular weight excluding hydrogens is 512 g/mol. The number of phenolic OH excluding ortho intramolecular Hbond substituents is 1. The molecule has 0 atom stereocenters. The van der Waals surface area contributed by atoms with E-state index in [0.29, 0.717) is 0 Å². The molecule has 3 aromatic carbocycles. The number of allylic oxidation sites excluding steroid dienone is 1. The molecule has 0 radical (unpaired) electrons. The number of azo groups is 1. The number of aromatic carboxylic acids is 1. The van der Waals surface area contributed by atoms with Gasteiger partial charge in [-0.25, -0.2) is 13.2 Å². The molecule has 3 rings (SSSR count). The molecule has 36 heavy (non-hydrogen) atoms. The van der Waals surface area contributed by atoms with E-state index >= 15 is 0 Å². The zero-order valence-electron chi connectivity index (χ0n) is 18.5. The number of sulfonamides is 1. The summed E-state index contributed by atoms with van der Waals surface area (Å²) in [5.74, 6) is -3.16. The number of aromatic hydroxyl groups is 1. The Morgan fingerprint density at radius 1 is 0.944 bits per heavy atom. The summed E-state index contributed by atoms with van der Waals surface area (Å²) in [7, 11) is -4.31. The molecule has 0 spiro atoms. The smallest absolute Gasteiger partial charge is 0.337 e. The van der Waals surface area contributed by atoms with E-state index in [1.807, 2.05) is 0 Å². The monoisotopic (exact) mass is 530 g/mol. The van der Waals surface area contributed by atoms with Crippen LogP contribution in [0.5, 0.6) is 5.75 Å². The second-order valence-corrected chi connectivity index (χ2v) is 9.26. The summed E-state index contributed by atoms with van der Waals surface area (Å²) in [6.07, 6.45) is 0. The highest BCUT2D eigenvalue weighted by Crippen LogP contribution is 2.31. The van der Waals surface area contributed by atoms with Gasteiger partial charge in [-0.1, -0.05) is 35.9 Å². The number of anilines is 2. The van der Waals surface area contributed by atoms with Gasteiger partial charge >= 0.3 is 5.97 Å². The van der Waals surface area contributed by atoms with E-state index in [0.717, 1.165) is 18.2 Å². The van der Waals surface area contributed by atoms with Crippen LogP contribution in [0.25, 0.3) is 0 Å². The van der Waals surface area contributed by atoms with Gasteiger partial charge in [0.2, 0.25) is 0 Å². The molecule has 0 aliphatic carbocycles. The third-order valence-corrected chi connectivity index (χ3v) is 6.29. The summed E-state index contributed by atoms with van der Waals surface area (Å²) in [6.45, 7) is 1.19. The van der Waals surface area contributed by atoms with Crippen molar-refractivity contribution >= 4 is 50.6 Å². The van der Waals surface area contributed by atoms with Crippen LogP contribution >= 0.6 is 11.6 Å². The number of para-hydroxylation sites is 2. The minimum Gasteiger partial charge on any atom is -0.510 e. The topological polar surface area (TPSA) is 178 Å². The van der Waals surface area contributed by atoms with E-state index in [4.69, 9.17) is 11.6 Å². The average Bonchev–Trinajstić information content (AvgIpc) is 2.81. The van der Waals surface area contributed by atoms with Crippen molar-refractivity contribution in [1.82, 2.24) is 0 Å². The van der Waals surface area contributed by atoms with Crippen molar-refractivity contribution in [3.8, 4) is 5.75 Å². The van der Waals surface area contributed by atoms with Crippen molar-refractivity contribution in [3.63, 3.8) is 0 Å². The molecule has 0 saturated heterocycles. The maximum Gasteiger partial charge on any atom is 0.337 e. The number of hydrogen-bond donors (Lipinski definition) is 5. The van der Waals surface area contributed by atoms with Crippen LogP contribution in [0.2, 0.25) is 5.02 Å². The van der Waals surface area contributed by atoms with Crippen LogP contribution < -0.4 is 10.0 Å². The number of carboxylic acid groups (broad SMARTS) is 1. The molecule has 0 aliphatic rings. The maximum atomic E-state index is 12.8. The van der Waals surface area contributed by atoms with Crippen LogP contribution in [0, 0.1) is 0 Å². The number of benzene rings is 3. The van der Waals surface area contributed by atoms with Crippen LogP contribution in [0.1, 0.15) is 17.3 Å². The Morgan fingerprint density at radius 2 is 1.58 bits per heavy atom. The molecule has 0 aliphatic heterocycles. The molecule has 0 unspecified atom stereocenters. The first-order valence-corrected chi connectivity index (χ1v) is 11.9. The molecule has 0 fully saturated rings. The summed E-state index contributed by atoms with van der Waals surface area (Å²) in [5.41, 5.74) is -1.04. The number of nitrogens with zero attached hydrogens (tertiary/aromatic N) is 2. The zero-order chi connectivity index (χ0) is 26.5. The minimum atomic E-state index is -4.31. The van der Waals surface area contributed by atoms with Gasteiger partial charge in [0.05, 0.1) is 26.9 Å². The van der Waals surface area contributed by atoms with Crippen LogP contribution in [0.4, 0.5) is 17.1 Å². The first-order valence-electron chi connectivity index (χ1n) is 10.0. The van der Waals surface area contributed by atoms with Crippen molar-refractivity contribution in [3.05, 3.63) is 88.8 Å². The highest BCUT2D eigenvalue weighted by atomic mass is 35.5. The van der Waals surface area contributed by atoms with E-state index < -0.39 is 39.1 Å². The Bertz CT molecular complexity index is 1500. The lowest BCUT2D eigenvalue weighted by atomic mass is 10.2. The molecule has 5 N–H and O–H groups in total. The fourth-order valence-corrected chi connectivity index (χ4v) is 4.13. The van der Waals surface area contributed by atoms with Crippen molar-refractivity contribution < 1.29 is 33.3 Å². The van der Waals surface area contributed by atoms with Crippen molar-refractivity contribution in [1.29, 1.82) is 0 Å². The average molecular weight is 531 g/mol. The lowest BCUT2D eigenvalue weighted by molar-refractivity contribution is -0.113. The van der Waals surface area contributed by atoms with Gasteiger partial charge in [0.1, 0.15) is 17.2 Å². The second-order valence-electron chi connectivity index (χ2n) is 7.17. The van der Waals surface area contributed by atoms with Gasteiger partial charge in [0.15, 0.2) is 5.70 Å². The van der Waals surface area contributed by atoms with E-state index in [1.54, 1.807) is 18.2 Å². The van der Waals surface area contributed by atoms with Gasteiger partial charge in [-0.2, -0.15) is 0 Å². The third kappa shape index (κ3) is 6.17. The van der Waals surface area contributed by atoms with Crippen molar-refractivity contribution in [2.24, 2.45) is 10.2 Å². The predicted octanol–water partition coefficient (Wildman–Crippen LogP) is 5.06. The van der Waals surface area contributed by atoms with E-state index in [2.05, 4.69) is 20.3 Å². The molecule has 3 aromatic rings. The molecule has 0 aromatic heterocycles. The van der Waals surface area contributed by atoms with E-state index in [9.17, 15) is 33.3 Å². The largest absolute Gasteiger partial charge is 0.510 e. The van der Waals surface area contributed by atoms with Gasteiger partial charge in [-0.3, -0.25) is 9.52 Å². The molecule has 1 amide bonds. The summed E-state index contributed by atoms with van der Waals surface area (Å²) < 4.78 is 27.9. The molecule has 186 valence electrons. The number of carbonyl (C=O) groups is 2. The number of aliphatic hydroxyl groups excluding tert-OH is 1. The number of amides is 1. The predicted molar refractivity (Wildman–Crippen MR) is 132 cm³/mol. The first-order chi connectivity index (χ1) is 17.0.